The summed E-state index contributed by atoms with van der Waals surface area (Å²) < 4.78 is 0. The van der Waals surface area contributed by atoms with Gasteiger partial charge in [-0.1, -0.05) is 18.5 Å². The summed E-state index contributed by atoms with van der Waals surface area (Å²) in [5.74, 6) is -0.573. The summed E-state index contributed by atoms with van der Waals surface area (Å²) in [6, 6.07) is 5.89. The van der Waals surface area contributed by atoms with Gasteiger partial charge in [0.2, 0.25) is 5.91 Å². The summed E-state index contributed by atoms with van der Waals surface area (Å²) in [6.45, 7) is 2.41. The van der Waals surface area contributed by atoms with Crippen LogP contribution < -0.4 is 16.1 Å². The monoisotopic (exact) mass is 420 g/mol. The fourth-order valence-electron chi connectivity index (χ4n) is 3.65. The Labute approximate surface area is 174 Å². The van der Waals surface area contributed by atoms with Gasteiger partial charge in [0.25, 0.3) is 11.8 Å². The molecule has 1 saturated heterocycles. The smallest absolute Gasteiger partial charge is 0.344 e. The summed E-state index contributed by atoms with van der Waals surface area (Å²) in [5, 5.41) is 6.81. The molecule has 2 fully saturated rings. The Morgan fingerprint density at radius 1 is 1.21 bits per heavy atom. The Hall–Kier alpha value is -2.61. The molecule has 0 bridgehead atoms. The third kappa shape index (κ3) is 4.87. The number of hydrogen-bond donors (Lipinski definition) is 3. The van der Waals surface area contributed by atoms with Crippen molar-refractivity contribution in [1.29, 1.82) is 0 Å². The lowest BCUT2D eigenvalue weighted by molar-refractivity contribution is -0.140. The first-order valence-electron chi connectivity index (χ1n) is 9.81. The van der Waals surface area contributed by atoms with Crippen LogP contribution in [0.15, 0.2) is 24.3 Å². The van der Waals surface area contributed by atoms with Gasteiger partial charge in [0.05, 0.1) is 0 Å². The minimum atomic E-state index is -0.885. The van der Waals surface area contributed by atoms with Crippen LogP contribution in [-0.4, -0.2) is 40.8 Å². The van der Waals surface area contributed by atoms with E-state index in [0.717, 1.165) is 17.9 Å². The number of rotatable bonds is 6. The van der Waals surface area contributed by atoms with Crippen LogP contribution in [0.4, 0.5) is 4.79 Å². The zero-order valence-corrected chi connectivity index (χ0v) is 17.1. The second kappa shape index (κ2) is 8.82. The van der Waals surface area contributed by atoms with Crippen LogP contribution in [0.1, 0.15) is 55.8 Å². The second-order valence-electron chi connectivity index (χ2n) is 7.74. The van der Waals surface area contributed by atoms with E-state index >= 15 is 0 Å². The highest BCUT2D eigenvalue weighted by Crippen LogP contribution is 2.35. The van der Waals surface area contributed by atoms with E-state index in [1.54, 1.807) is 24.3 Å². The average molecular weight is 421 g/mol. The molecule has 0 unspecified atom stereocenters. The normalized spacial score (nSPS) is 23.8. The third-order valence-corrected chi connectivity index (χ3v) is 5.75. The van der Waals surface area contributed by atoms with Crippen molar-refractivity contribution in [2.45, 2.75) is 51.0 Å². The van der Waals surface area contributed by atoms with Gasteiger partial charge < -0.3 is 10.6 Å². The number of carbonyl (C=O) groups excluding carboxylic acids is 4. The number of nitrogens with zero attached hydrogens (tertiary/aromatic N) is 1. The van der Waals surface area contributed by atoms with E-state index in [2.05, 4.69) is 23.0 Å². The van der Waals surface area contributed by atoms with Gasteiger partial charge in [0.15, 0.2) is 0 Å². The van der Waals surface area contributed by atoms with Gasteiger partial charge >= 0.3 is 6.03 Å². The number of urea groups is 1. The highest BCUT2D eigenvalue weighted by atomic mass is 35.5. The summed E-state index contributed by atoms with van der Waals surface area (Å²) >= 11 is 5.79. The Morgan fingerprint density at radius 2 is 1.86 bits per heavy atom. The van der Waals surface area contributed by atoms with Crippen LogP contribution in [-0.2, 0) is 9.59 Å². The van der Waals surface area contributed by atoms with E-state index in [9.17, 15) is 19.2 Å². The number of hydrogen-bond acceptors (Lipinski definition) is 4. The van der Waals surface area contributed by atoms with Crippen LogP contribution in [0, 0.1) is 5.92 Å². The maximum atomic E-state index is 12.7. The predicted octanol–water partition coefficient (Wildman–Crippen LogP) is 2.38. The molecule has 2 aliphatic rings. The van der Waals surface area contributed by atoms with Gasteiger partial charge in [-0.15, -0.1) is 0 Å². The molecule has 1 aliphatic carbocycles. The molecule has 9 heteroatoms. The van der Waals surface area contributed by atoms with Crippen molar-refractivity contribution >= 4 is 35.4 Å². The van der Waals surface area contributed by atoms with Crippen molar-refractivity contribution in [2.75, 3.05) is 6.54 Å². The van der Waals surface area contributed by atoms with E-state index in [-0.39, 0.29) is 18.9 Å². The van der Waals surface area contributed by atoms with Crippen LogP contribution >= 0.6 is 11.6 Å². The molecule has 0 aromatic heterocycles. The molecule has 1 aliphatic heterocycles. The van der Waals surface area contributed by atoms with Crippen LogP contribution in [0.2, 0.25) is 5.02 Å². The first-order chi connectivity index (χ1) is 13.8. The Kier molecular flexibility index (Phi) is 6.42. The maximum absolute atomic E-state index is 12.7. The van der Waals surface area contributed by atoms with Gasteiger partial charge in [-0.05, 0) is 62.3 Å². The first kappa shape index (κ1) is 21.1. The SMILES string of the molecule is CC1CCC2(CC1)NC(=O)N(NC(=O)CCCNC(=O)c1ccc(Cl)cc1)C2=O. The van der Waals surface area contributed by atoms with E-state index in [4.69, 9.17) is 11.6 Å². The van der Waals surface area contributed by atoms with Crippen molar-refractivity contribution < 1.29 is 19.2 Å². The zero-order valence-electron chi connectivity index (χ0n) is 16.3. The fraction of sp³-hybridized carbons (Fsp3) is 0.500. The largest absolute Gasteiger partial charge is 0.352 e. The van der Waals surface area contributed by atoms with Crippen molar-refractivity contribution in [3.63, 3.8) is 0 Å². The van der Waals surface area contributed by atoms with E-state index < -0.39 is 23.4 Å². The minimum absolute atomic E-state index is 0.0714. The second-order valence-corrected chi connectivity index (χ2v) is 8.17. The van der Waals surface area contributed by atoms with E-state index in [1.165, 1.54) is 0 Å². The molecule has 3 N–H and O–H groups in total. The first-order valence-corrected chi connectivity index (χ1v) is 10.2. The van der Waals surface area contributed by atoms with E-state index in [0.29, 0.717) is 35.8 Å². The fourth-order valence-corrected chi connectivity index (χ4v) is 3.78. The Morgan fingerprint density at radius 3 is 2.52 bits per heavy atom. The maximum Gasteiger partial charge on any atom is 0.344 e. The molecule has 1 heterocycles. The van der Waals surface area contributed by atoms with Crippen molar-refractivity contribution in [2.24, 2.45) is 5.92 Å². The number of hydrazine groups is 1. The number of amides is 5. The highest BCUT2D eigenvalue weighted by Gasteiger charge is 2.52. The molecule has 29 heavy (non-hydrogen) atoms. The lowest BCUT2D eigenvalue weighted by Crippen LogP contribution is -2.51. The van der Waals surface area contributed by atoms with Gasteiger partial charge in [-0.25, -0.2) is 4.79 Å². The molecule has 1 saturated carbocycles. The topological polar surface area (TPSA) is 108 Å². The summed E-state index contributed by atoms with van der Waals surface area (Å²) in [6.07, 6.45) is 3.34. The number of benzene rings is 1. The molecular weight excluding hydrogens is 396 g/mol. The predicted molar refractivity (Wildman–Crippen MR) is 107 cm³/mol. The van der Waals surface area contributed by atoms with Crippen molar-refractivity contribution in [3.05, 3.63) is 34.9 Å². The van der Waals surface area contributed by atoms with Gasteiger partial charge in [-0.2, -0.15) is 5.01 Å². The third-order valence-electron chi connectivity index (χ3n) is 5.50. The van der Waals surface area contributed by atoms with Crippen molar-refractivity contribution in [3.8, 4) is 0 Å². The zero-order chi connectivity index (χ0) is 21.0. The van der Waals surface area contributed by atoms with Gasteiger partial charge in [-0.3, -0.25) is 19.8 Å². The molecule has 1 spiro atoms. The van der Waals surface area contributed by atoms with Gasteiger partial charge in [0.1, 0.15) is 5.54 Å². The molecule has 156 valence electrons. The number of carbonyl (C=O) groups is 4. The van der Waals surface area contributed by atoms with Crippen LogP contribution in [0.5, 0.6) is 0 Å². The summed E-state index contributed by atoms with van der Waals surface area (Å²) in [7, 11) is 0. The molecule has 1 aromatic rings. The molecule has 5 amide bonds. The lowest BCUT2D eigenvalue weighted by atomic mass is 9.77. The standard InChI is InChI=1S/C20H25ClN4O4/c1-13-8-10-20(11-9-13)18(28)25(19(29)23-20)24-16(26)3-2-12-22-17(27)14-4-6-15(21)7-5-14/h4-7,13H,2-3,8-12H2,1H3,(H,22,27)(H,23,29)(H,24,26). The minimum Gasteiger partial charge on any atom is -0.352 e. The molecule has 0 radical (unpaired) electrons. The summed E-state index contributed by atoms with van der Waals surface area (Å²) in [5.41, 5.74) is 1.98. The molecule has 8 nitrogen and oxygen atoms in total. The molecule has 3 rings (SSSR count). The highest BCUT2D eigenvalue weighted by molar-refractivity contribution is 6.30. The Bertz CT molecular complexity index is 803. The number of imide groups is 1. The molecule has 1 aromatic carbocycles. The average Bonchev–Trinajstić information content (AvgIpc) is 2.92. The molecular formula is C20H25ClN4O4. The molecule has 0 atom stereocenters. The quantitative estimate of drug-likeness (QED) is 0.485. The van der Waals surface area contributed by atoms with E-state index in [1.807, 2.05) is 0 Å². The lowest BCUT2D eigenvalue weighted by Gasteiger charge is -2.33. The number of nitrogens with one attached hydrogen (secondary N) is 3. The van der Waals surface area contributed by atoms with Crippen LogP contribution in [0.3, 0.4) is 0 Å². The number of halogens is 1. The Balaban J connectivity index is 1.42. The van der Waals surface area contributed by atoms with Gasteiger partial charge in [0, 0.05) is 23.6 Å². The van der Waals surface area contributed by atoms with Crippen LogP contribution in [0.25, 0.3) is 0 Å². The van der Waals surface area contributed by atoms with Crippen molar-refractivity contribution in [1.82, 2.24) is 21.1 Å². The summed E-state index contributed by atoms with van der Waals surface area (Å²) in [4.78, 5) is 49.0.